The highest BCUT2D eigenvalue weighted by Crippen LogP contribution is 2.40. The number of aliphatic imine (C=N–C) groups is 2. The van der Waals surface area contributed by atoms with Crippen LogP contribution in [0.3, 0.4) is 0 Å². The van der Waals surface area contributed by atoms with Gasteiger partial charge in [-0.3, -0.25) is 4.55 Å². The molecule has 3 aliphatic rings. The van der Waals surface area contributed by atoms with Crippen molar-refractivity contribution in [1.29, 1.82) is 0 Å². The van der Waals surface area contributed by atoms with Crippen LogP contribution in [0.2, 0.25) is 0 Å². The van der Waals surface area contributed by atoms with Gasteiger partial charge in [0.25, 0.3) is 0 Å². The van der Waals surface area contributed by atoms with Crippen LogP contribution in [0, 0.1) is 0 Å². The summed E-state index contributed by atoms with van der Waals surface area (Å²) in [6, 6.07) is -1.72. The molecular weight excluding hydrogens is 362 g/mol. The van der Waals surface area contributed by atoms with E-state index in [1.54, 1.807) is 0 Å². The van der Waals surface area contributed by atoms with E-state index in [2.05, 4.69) is 19.5 Å². The summed E-state index contributed by atoms with van der Waals surface area (Å²) < 4.78 is 40.2. The van der Waals surface area contributed by atoms with Crippen molar-refractivity contribution >= 4 is 28.4 Å². The number of guanidine groups is 2. The van der Waals surface area contributed by atoms with Gasteiger partial charge < -0.3 is 37.3 Å². The fourth-order valence-corrected chi connectivity index (χ4v) is 3.90. The molecule has 3 heterocycles. The monoisotopic (exact) mass is 379 g/mol. The van der Waals surface area contributed by atoms with E-state index in [0.29, 0.717) is 0 Å². The Morgan fingerprint density at radius 1 is 1.44 bits per heavy atom. The molecule has 0 unspecified atom stereocenters. The lowest BCUT2D eigenvalue weighted by Gasteiger charge is -2.46. The molecule has 3 rings (SSSR count). The number of hydrogen-bond acceptors (Lipinski definition) is 12. The molecule has 140 valence electrons. The Hall–Kier alpha value is -2.36. The first-order chi connectivity index (χ1) is 11.5. The minimum absolute atomic E-state index is 0.0597. The third-order valence-corrected chi connectivity index (χ3v) is 4.74. The molecule has 0 bridgehead atoms. The van der Waals surface area contributed by atoms with Crippen molar-refractivity contribution in [3.05, 3.63) is 0 Å². The molecular formula is C10H17N7O7S. The molecule has 0 saturated carbocycles. The van der Waals surface area contributed by atoms with E-state index in [1.807, 2.05) is 0 Å². The van der Waals surface area contributed by atoms with Gasteiger partial charge in [0.1, 0.15) is 30.9 Å². The van der Waals surface area contributed by atoms with Crippen LogP contribution in [0.1, 0.15) is 0 Å². The maximum absolute atomic E-state index is 11.0. The largest absolute Gasteiger partial charge is 0.447 e. The lowest BCUT2D eigenvalue weighted by Crippen LogP contribution is -2.73. The number of hydrogen-bond donors (Lipinski definition) is 6. The first-order valence-corrected chi connectivity index (χ1v) is 8.39. The van der Waals surface area contributed by atoms with Gasteiger partial charge in [0.2, 0.25) is 0 Å². The number of rotatable bonds is 4. The maximum atomic E-state index is 11.0. The number of aliphatic hydroxyl groups excluding tert-OH is 1. The van der Waals surface area contributed by atoms with Gasteiger partial charge >= 0.3 is 16.5 Å². The first-order valence-electron chi connectivity index (χ1n) is 7.03. The molecule has 25 heavy (non-hydrogen) atoms. The van der Waals surface area contributed by atoms with Crippen molar-refractivity contribution in [2.24, 2.45) is 27.2 Å². The zero-order valence-corrected chi connectivity index (χ0v) is 13.5. The highest BCUT2D eigenvalue weighted by Gasteiger charge is 2.66. The number of aliphatic hydroxyl groups is 1. The average Bonchev–Trinajstić information content (AvgIpc) is 2.95. The summed E-state index contributed by atoms with van der Waals surface area (Å²) >= 11 is 0. The fourth-order valence-electron chi connectivity index (χ4n) is 3.42. The molecule has 1 fully saturated rings. The predicted octanol–water partition coefficient (Wildman–Crippen LogP) is -4.37. The van der Waals surface area contributed by atoms with Gasteiger partial charge in [-0.05, 0) is 0 Å². The van der Waals surface area contributed by atoms with Crippen LogP contribution in [-0.4, -0.2) is 84.1 Å². The Balaban J connectivity index is 1.96. The molecule has 14 nitrogen and oxygen atoms in total. The number of amides is 1. The van der Waals surface area contributed by atoms with Gasteiger partial charge in [-0.1, -0.05) is 0 Å². The van der Waals surface area contributed by atoms with E-state index < -0.39 is 46.4 Å². The smallest absolute Gasteiger partial charge is 0.404 e. The SMILES string of the molecule is NC(=O)OC[C@@H]1N=C(N)N2C[C@H](OS(=O)(=O)O)[C@@H](O)[C@@]23NC(N)=N[C@@H]13. The van der Waals surface area contributed by atoms with Crippen LogP contribution in [0.15, 0.2) is 9.98 Å². The van der Waals surface area contributed by atoms with Crippen molar-refractivity contribution in [2.45, 2.75) is 30.0 Å². The number of nitrogens with two attached hydrogens (primary N) is 3. The molecule has 0 aromatic rings. The number of primary amides is 1. The predicted molar refractivity (Wildman–Crippen MR) is 81.4 cm³/mol. The minimum Gasteiger partial charge on any atom is -0.447 e. The lowest BCUT2D eigenvalue weighted by atomic mass is 9.88. The maximum Gasteiger partial charge on any atom is 0.404 e. The second-order valence-electron chi connectivity index (χ2n) is 5.71. The van der Waals surface area contributed by atoms with Crippen LogP contribution in [0.25, 0.3) is 0 Å². The van der Waals surface area contributed by atoms with Crippen molar-refractivity contribution in [3.8, 4) is 0 Å². The van der Waals surface area contributed by atoms with Gasteiger partial charge in [-0.25, -0.2) is 19.0 Å². The van der Waals surface area contributed by atoms with E-state index in [4.69, 9.17) is 26.5 Å². The highest BCUT2D eigenvalue weighted by atomic mass is 32.3. The van der Waals surface area contributed by atoms with Gasteiger partial charge in [-0.15, -0.1) is 0 Å². The summed E-state index contributed by atoms with van der Waals surface area (Å²) in [5.74, 6) is -0.150. The third-order valence-electron chi connectivity index (χ3n) is 4.25. The summed E-state index contributed by atoms with van der Waals surface area (Å²) in [6.07, 6.45) is -3.92. The lowest BCUT2D eigenvalue weighted by molar-refractivity contribution is -0.0168. The molecule has 1 amide bonds. The summed E-state index contributed by atoms with van der Waals surface area (Å²) in [6.45, 7) is -0.503. The van der Waals surface area contributed by atoms with Crippen LogP contribution in [0.4, 0.5) is 4.79 Å². The number of ether oxygens (including phenoxy) is 1. The Kier molecular flexibility index (Phi) is 3.90. The summed E-state index contributed by atoms with van der Waals surface area (Å²) in [5.41, 5.74) is 15.1. The molecule has 15 heteroatoms. The van der Waals surface area contributed by atoms with Gasteiger partial charge in [0.05, 0.1) is 6.54 Å². The Bertz CT molecular complexity index is 755. The van der Waals surface area contributed by atoms with Crippen LogP contribution >= 0.6 is 0 Å². The molecule has 0 aromatic heterocycles. The van der Waals surface area contributed by atoms with Gasteiger partial charge in [0.15, 0.2) is 17.6 Å². The molecule has 0 radical (unpaired) electrons. The zero-order chi connectivity index (χ0) is 18.6. The molecule has 1 spiro atoms. The zero-order valence-electron chi connectivity index (χ0n) is 12.6. The van der Waals surface area contributed by atoms with Gasteiger partial charge in [0, 0.05) is 0 Å². The van der Waals surface area contributed by atoms with E-state index >= 15 is 0 Å². The van der Waals surface area contributed by atoms with E-state index in [1.165, 1.54) is 4.90 Å². The Morgan fingerprint density at radius 2 is 2.12 bits per heavy atom. The fraction of sp³-hybridized carbons (Fsp3) is 0.700. The summed E-state index contributed by atoms with van der Waals surface area (Å²) in [5, 5.41) is 13.4. The van der Waals surface area contributed by atoms with Crippen molar-refractivity contribution in [2.75, 3.05) is 13.2 Å². The highest BCUT2D eigenvalue weighted by molar-refractivity contribution is 7.80. The minimum atomic E-state index is -4.83. The average molecular weight is 379 g/mol. The van der Waals surface area contributed by atoms with Crippen LogP contribution in [0.5, 0.6) is 0 Å². The second kappa shape index (κ2) is 5.58. The van der Waals surface area contributed by atoms with Crippen LogP contribution < -0.4 is 22.5 Å². The number of nitrogens with zero attached hydrogens (tertiary/aromatic N) is 3. The standard InChI is InChI=1S/C10H17N7O7S/c11-7-15-5-3(2-23-9(13)19)14-8(12)17-1-4(24-25(20,21)22)6(18)10(5,17)16-7/h3-6,18H,1-2H2,(H2,12,14)(H2,13,19)(H3,11,15,16)(H,20,21,22)/t3-,4-,5-,6+,10-/m0/s1. The molecule has 9 N–H and O–H groups in total. The van der Waals surface area contributed by atoms with Crippen molar-refractivity contribution in [3.63, 3.8) is 0 Å². The quantitative estimate of drug-likeness (QED) is 0.255. The normalized spacial score (nSPS) is 36.8. The number of nitrogens with one attached hydrogen (secondary N) is 1. The molecule has 0 aromatic carbocycles. The topological polar surface area (TPSA) is 228 Å². The number of carbonyl (C=O) groups excluding carboxylic acids is 1. The van der Waals surface area contributed by atoms with Crippen molar-refractivity contribution < 1.29 is 31.8 Å². The molecule has 3 aliphatic heterocycles. The first kappa shape index (κ1) is 17.5. The molecule has 0 aliphatic carbocycles. The molecule has 5 atom stereocenters. The summed E-state index contributed by atoms with van der Waals surface area (Å²) in [7, 11) is -4.83. The van der Waals surface area contributed by atoms with Crippen molar-refractivity contribution in [1.82, 2.24) is 10.2 Å². The molecule has 1 saturated heterocycles. The Labute approximate surface area is 141 Å². The third kappa shape index (κ3) is 2.80. The van der Waals surface area contributed by atoms with Crippen LogP contribution in [-0.2, 0) is 19.3 Å². The second-order valence-corrected chi connectivity index (χ2v) is 6.76. The van der Waals surface area contributed by atoms with E-state index in [9.17, 15) is 18.3 Å². The number of carbonyl (C=O) groups is 1. The summed E-state index contributed by atoms with van der Waals surface area (Å²) in [4.78, 5) is 20.5. The van der Waals surface area contributed by atoms with Gasteiger partial charge in [-0.2, -0.15) is 8.42 Å². The Morgan fingerprint density at radius 3 is 2.72 bits per heavy atom. The van der Waals surface area contributed by atoms with E-state index in [0.717, 1.165) is 0 Å². The van der Waals surface area contributed by atoms with E-state index in [-0.39, 0.29) is 25.1 Å².